The van der Waals surface area contributed by atoms with E-state index in [-0.39, 0.29) is 0 Å². The van der Waals surface area contributed by atoms with Crippen molar-refractivity contribution < 1.29 is 9.47 Å². The zero-order valence-corrected chi connectivity index (χ0v) is 25.4. The molecule has 0 bridgehead atoms. The fourth-order valence-corrected chi connectivity index (χ4v) is 6.32. The fourth-order valence-electron chi connectivity index (χ4n) is 6.32. The zero-order valence-electron chi connectivity index (χ0n) is 25.4. The predicted molar refractivity (Wildman–Crippen MR) is 183 cm³/mol. The number of rotatable bonds is 6. The van der Waals surface area contributed by atoms with Gasteiger partial charge in [-0.3, -0.25) is 4.90 Å². The van der Waals surface area contributed by atoms with Gasteiger partial charge in [-0.2, -0.15) is 0 Å². The number of anilines is 6. The highest BCUT2D eigenvalue weighted by Crippen LogP contribution is 2.39. The molecule has 10 nitrogen and oxygen atoms in total. The van der Waals surface area contributed by atoms with Gasteiger partial charge < -0.3 is 25.0 Å². The number of ether oxygens (including phenoxy) is 2. The van der Waals surface area contributed by atoms with Crippen molar-refractivity contribution in [2.24, 2.45) is 0 Å². The van der Waals surface area contributed by atoms with Gasteiger partial charge in [0, 0.05) is 59.7 Å². The number of hydrogen-bond donors (Lipinski definition) is 1. The molecule has 0 saturated carbocycles. The summed E-state index contributed by atoms with van der Waals surface area (Å²) >= 11 is 0. The summed E-state index contributed by atoms with van der Waals surface area (Å²) in [5.74, 6) is 1.26. The Morgan fingerprint density at radius 2 is 1.02 bits per heavy atom. The van der Waals surface area contributed by atoms with Crippen LogP contribution in [0.25, 0.3) is 32.9 Å². The van der Waals surface area contributed by atoms with E-state index >= 15 is 0 Å². The highest BCUT2D eigenvalue weighted by molar-refractivity contribution is 5.98. The molecule has 230 valence electrons. The summed E-state index contributed by atoms with van der Waals surface area (Å²) in [6.45, 7) is 6.53. The van der Waals surface area contributed by atoms with E-state index in [0.717, 1.165) is 103 Å². The zero-order chi connectivity index (χ0) is 30.9. The van der Waals surface area contributed by atoms with E-state index in [9.17, 15) is 0 Å². The maximum atomic E-state index is 6.21. The van der Waals surface area contributed by atoms with Gasteiger partial charge >= 0.3 is 0 Å². The number of nitrogen functional groups attached to an aromatic ring is 1. The van der Waals surface area contributed by atoms with Gasteiger partial charge in [0.1, 0.15) is 24.3 Å². The van der Waals surface area contributed by atoms with E-state index < -0.39 is 0 Å². The van der Waals surface area contributed by atoms with Gasteiger partial charge in [-0.25, -0.2) is 19.9 Å². The van der Waals surface area contributed by atoms with E-state index in [1.165, 1.54) is 17.7 Å². The first-order valence-electron chi connectivity index (χ1n) is 15.6. The Balaban J connectivity index is 1.23. The van der Waals surface area contributed by atoms with Crippen LogP contribution in [0.1, 0.15) is 0 Å². The molecule has 2 N–H and O–H groups in total. The van der Waals surface area contributed by atoms with Crippen LogP contribution in [0.2, 0.25) is 0 Å². The molecule has 6 aromatic rings. The number of nitrogens with zero attached hydrogens (tertiary/aromatic N) is 7. The molecular formula is C36H34N8O2. The molecule has 2 aliphatic rings. The molecule has 0 unspecified atom stereocenters. The van der Waals surface area contributed by atoms with Crippen molar-refractivity contribution in [2.45, 2.75) is 0 Å². The van der Waals surface area contributed by atoms with Crippen LogP contribution >= 0.6 is 0 Å². The van der Waals surface area contributed by atoms with Crippen LogP contribution in [0.4, 0.5) is 34.4 Å². The van der Waals surface area contributed by atoms with Crippen molar-refractivity contribution in [3.63, 3.8) is 0 Å². The van der Waals surface area contributed by atoms with Crippen LogP contribution in [0, 0.1) is 0 Å². The Morgan fingerprint density at radius 1 is 0.543 bits per heavy atom. The van der Waals surface area contributed by atoms with Gasteiger partial charge in [-0.05, 0) is 83.9 Å². The monoisotopic (exact) mass is 610 g/mol. The third-order valence-corrected chi connectivity index (χ3v) is 8.79. The van der Waals surface area contributed by atoms with Crippen molar-refractivity contribution >= 4 is 56.2 Å². The van der Waals surface area contributed by atoms with Crippen molar-refractivity contribution in [3.05, 3.63) is 97.6 Å². The average molecular weight is 611 g/mol. The Bertz CT molecular complexity index is 1930. The number of benzene rings is 4. The van der Waals surface area contributed by atoms with Gasteiger partial charge in [-0.1, -0.05) is 12.1 Å². The molecule has 2 aliphatic heterocycles. The lowest BCUT2D eigenvalue weighted by Crippen LogP contribution is -2.36. The molecule has 2 aromatic heterocycles. The normalized spacial score (nSPS) is 15.4. The standard InChI is InChI=1S/C36H34N8O2/c37-35-31-21-25(1-11-33(31)38-23-40-35)26-2-12-34-32(22-26)36(41-24-39-34)44(29-7-3-27(4-8-29)42-13-17-45-18-14-42)30-9-5-28(6-10-30)43-15-19-46-20-16-43/h1-12,21-24H,13-20H2,(H2,37,38,40). The van der Waals surface area contributed by atoms with Gasteiger partial charge in [0.05, 0.1) is 37.5 Å². The molecule has 0 spiro atoms. The first-order chi connectivity index (χ1) is 22.7. The third kappa shape index (κ3) is 5.42. The van der Waals surface area contributed by atoms with Crippen molar-refractivity contribution in [3.8, 4) is 11.1 Å². The minimum Gasteiger partial charge on any atom is -0.383 e. The van der Waals surface area contributed by atoms with Crippen LogP contribution in [-0.2, 0) is 9.47 Å². The molecule has 0 aliphatic carbocycles. The van der Waals surface area contributed by atoms with Crippen molar-refractivity contribution in [1.29, 1.82) is 0 Å². The molecule has 46 heavy (non-hydrogen) atoms. The fraction of sp³-hybridized carbons (Fsp3) is 0.222. The molecule has 0 atom stereocenters. The molecule has 0 radical (unpaired) electrons. The molecule has 10 heteroatoms. The van der Waals surface area contributed by atoms with Gasteiger partial charge in [-0.15, -0.1) is 0 Å². The topological polar surface area (TPSA) is 106 Å². The second kappa shape index (κ2) is 12.2. The quantitative estimate of drug-likeness (QED) is 0.243. The van der Waals surface area contributed by atoms with Crippen LogP contribution in [0.3, 0.4) is 0 Å². The summed E-state index contributed by atoms with van der Waals surface area (Å²) in [4.78, 5) is 25.0. The number of morpholine rings is 2. The molecule has 8 rings (SSSR count). The van der Waals surface area contributed by atoms with E-state index in [2.05, 4.69) is 96.4 Å². The van der Waals surface area contributed by atoms with E-state index in [0.29, 0.717) is 5.82 Å². The van der Waals surface area contributed by atoms with E-state index in [4.69, 9.17) is 20.2 Å². The van der Waals surface area contributed by atoms with E-state index in [1.807, 2.05) is 18.2 Å². The maximum absolute atomic E-state index is 6.21. The highest BCUT2D eigenvalue weighted by atomic mass is 16.5. The number of fused-ring (bicyclic) bond motifs is 2. The lowest BCUT2D eigenvalue weighted by molar-refractivity contribution is 0.122. The van der Waals surface area contributed by atoms with E-state index in [1.54, 1.807) is 6.33 Å². The van der Waals surface area contributed by atoms with Crippen LogP contribution in [0.15, 0.2) is 97.6 Å². The Morgan fingerprint density at radius 3 is 1.57 bits per heavy atom. The average Bonchev–Trinajstić information content (AvgIpc) is 3.13. The summed E-state index contributed by atoms with van der Waals surface area (Å²) in [5.41, 5.74) is 14.3. The van der Waals surface area contributed by atoms with Gasteiger partial charge in [0.25, 0.3) is 0 Å². The van der Waals surface area contributed by atoms with Gasteiger partial charge in [0.2, 0.25) is 0 Å². The maximum Gasteiger partial charge on any atom is 0.148 e. The van der Waals surface area contributed by atoms with Crippen LogP contribution in [-0.4, -0.2) is 72.5 Å². The predicted octanol–water partition coefficient (Wildman–Crippen LogP) is 5.97. The Kier molecular flexibility index (Phi) is 7.49. The smallest absolute Gasteiger partial charge is 0.148 e. The van der Waals surface area contributed by atoms with Crippen molar-refractivity contribution in [2.75, 3.05) is 73.0 Å². The largest absolute Gasteiger partial charge is 0.383 e. The number of nitrogens with two attached hydrogens (primary N) is 1. The summed E-state index contributed by atoms with van der Waals surface area (Å²) < 4.78 is 11.1. The minimum atomic E-state index is 0.462. The lowest BCUT2D eigenvalue weighted by Gasteiger charge is -2.31. The molecule has 2 fully saturated rings. The third-order valence-electron chi connectivity index (χ3n) is 8.79. The first-order valence-corrected chi connectivity index (χ1v) is 15.6. The molecule has 2 saturated heterocycles. The van der Waals surface area contributed by atoms with Crippen LogP contribution in [0.5, 0.6) is 0 Å². The molecule has 4 heterocycles. The SMILES string of the molecule is Nc1ncnc2ccc(-c3ccc4ncnc(N(c5ccc(N6CCOCC6)cc5)c5ccc(N6CCOCC6)cc5)c4c3)cc12. The summed E-state index contributed by atoms with van der Waals surface area (Å²) in [5, 5.41) is 1.76. The van der Waals surface area contributed by atoms with Gasteiger partial charge in [0.15, 0.2) is 0 Å². The first kappa shape index (κ1) is 28.2. The summed E-state index contributed by atoms with van der Waals surface area (Å²) in [7, 11) is 0. The second-order valence-corrected chi connectivity index (χ2v) is 11.5. The molecular weight excluding hydrogens is 576 g/mol. The van der Waals surface area contributed by atoms with Crippen LogP contribution < -0.4 is 20.4 Å². The Hall–Kier alpha value is -5.32. The molecule has 4 aromatic carbocycles. The second-order valence-electron chi connectivity index (χ2n) is 11.5. The lowest BCUT2D eigenvalue weighted by atomic mass is 10.0. The molecule has 0 amide bonds. The minimum absolute atomic E-state index is 0.462. The summed E-state index contributed by atoms with van der Waals surface area (Å²) in [6, 6.07) is 29.8. The summed E-state index contributed by atoms with van der Waals surface area (Å²) in [6.07, 6.45) is 3.13. The number of aromatic nitrogens is 4. The highest BCUT2D eigenvalue weighted by Gasteiger charge is 2.20. The Labute approximate surface area is 267 Å². The number of hydrogen-bond acceptors (Lipinski definition) is 10. The van der Waals surface area contributed by atoms with Crippen molar-refractivity contribution in [1.82, 2.24) is 19.9 Å².